The molecule has 0 aliphatic rings. The van der Waals surface area contributed by atoms with Crippen LogP contribution in [0.25, 0.3) is 0 Å². The molecule has 6 heteroatoms. The summed E-state index contributed by atoms with van der Waals surface area (Å²) in [6.07, 6.45) is 12.3. The number of rotatable bonds is 20. The first-order valence-corrected chi connectivity index (χ1v) is 14.2. The van der Waals surface area contributed by atoms with Gasteiger partial charge >= 0.3 is 0 Å². The van der Waals surface area contributed by atoms with Crippen molar-refractivity contribution in [3.05, 3.63) is 0 Å². The summed E-state index contributed by atoms with van der Waals surface area (Å²) in [4.78, 5) is 0. The number of hydrogen-bond donors (Lipinski definition) is 0. The van der Waals surface area contributed by atoms with Gasteiger partial charge in [0.2, 0.25) is 0 Å². The minimum atomic E-state index is -3.39. The van der Waals surface area contributed by atoms with Crippen molar-refractivity contribution in [3.8, 4) is 0 Å². The fourth-order valence-electron chi connectivity index (χ4n) is 3.55. The molecule has 0 N–H and O–H groups in total. The zero-order valence-electron chi connectivity index (χ0n) is 20.9. The molecule has 0 fully saturated rings. The number of alkyl halides is 1. The zero-order chi connectivity index (χ0) is 23.1. The van der Waals surface area contributed by atoms with Gasteiger partial charge in [0.25, 0.3) is 10.1 Å². The molecule has 4 nitrogen and oxygen atoms in total. The third-order valence-electron chi connectivity index (χ3n) is 6.22. The van der Waals surface area contributed by atoms with E-state index in [0.29, 0.717) is 25.9 Å². The molecule has 0 aliphatic heterocycles. The first-order valence-electron chi connectivity index (χ1n) is 12.6. The van der Waals surface area contributed by atoms with Crippen LogP contribution in [0.5, 0.6) is 0 Å². The Bertz CT molecular complexity index is 422. The van der Waals surface area contributed by atoms with Gasteiger partial charge in [-0.15, -0.1) is 0 Å². The van der Waals surface area contributed by atoms with Crippen molar-refractivity contribution in [2.45, 2.75) is 112 Å². The summed E-state index contributed by atoms with van der Waals surface area (Å²) in [7, 11) is -3.39. The van der Waals surface area contributed by atoms with Gasteiger partial charge in [-0.25, -0.2) is 0 Å². The van der Waals surface area contributed by atoms with Gasteiger partial charge in [-0.05, 0) is 53.4 Å². The Balaban J connectivity index is 0. The molecule has 0 bridgehead atoms. The van der Waals surface area contributed by atoms with E-state index in [1.54, 1.807) is 0 Å². The highest BCUT2D eigenvalue weighted by Crippen LogP contribution is 2.10. The van der Waals surface area contributed by atoms with Crippen LogP contribution in [0.15, 0.2) is 0 Å². The van der Waals surface area contributed by atoms with E-state index in [0.717, 1.165) is 19.3 Å². The summed E-state index contributed by atoms with van der Waals surface area (Å²) in [5.41, 5.74) is 0. The van der Waals surface area contributed by atoms with Crippen LogP contribution in [0.3, 0.4) is 0 Å². The number of unbranched alkanes of at least 4 members (excludes halogenated alkanes) is 10. The second-order valence-electron chi connectivity index (χ2n) is 8.27. The van der Waals surface area contributed by atoms with E-state index < -0.39 is 10.1 Å². The molecule has 0 heterocycles. The smallest absolute Gasteiger partial charge is 0.267 e. The molecule has 0 rings (SSSR count). The fourth-order valence-corrected chi connectivity index (χ4v) is 4.60. The molecular formula is C24H53FNO3S+. The Hall–Kier alpha value is -0.200. The van der Waals surface area contributed by atoms with Gasteiger partial charge in [0.1, 0.15) is 0 Å². The van der Waals surface area contributed by atoms with Gasteiger partial charge in [-0.3, -0.25) is 8.57 Å². The summed E-state index contributed by atoms with van der Waals surface area (Å²) in [6, 6.07) is 0. The minimum Gasteiger partial charge on any atom is -0.325 e. The summed E-state index contributed by atoms with van der Waals surface area (Å²) in [5.74, 6) is 0.0183. The standard InChI is InChI=1S/C16H33FO3S.C8H20N/c1-2-3-4-5-6-7-8-9-12-15-20-21(18,19)16-13-10-11-14-17;1-5-9(6-2,7-3)8-4/h2-16H2,1H3;5-8H2,1-4H3/q;+1. The topological polar surface area (TPSA) is 43.4 Å². The Morgan fingerprint density at radius 1 is 0.633 bits per heavy atom. The van der Waals surface area contributed by atoms with Crippen LogP contribution in [-0.4, -0.2) is 58.1 Å². The van der Waals surface area contributed by atoms with Crippen molar-refractivity contribution in [1.29, 1.82) is 0 Å². The van der Waals surface area contributed by atoms with Crippen molar-refractivity contribution in [2.75, 3.05) is 45.2 Å². The van der Waals surface area contributed by atoms with Crippen LogP contribution in [0.4, 0.5) is 4.39 Å². The van der Waals surface area contributed by atoms with Gasteiger partial charge in [0.05, 0.1) is 45.2 Å². The minimum absolute atomic E-state index is 0.0183. The lowest BCUT2D eigenvalue weighted by atomic mass is 10.1. The lowest BCUT2D eigenvalue weighted by Gasteiger charge is -2.34. The van der Waals surface area contributed by atoms with Crippen LogP contribution < -0.4 is 0 Å². The molecule has 0 aromatic heterocycles. The predicted octanol–water partition coefficient (Wildman–Crippen LogP) is 6.89. The van der Waals surface area contributed by atoms with Crippen LogP contribution in [0.1, 0.15) is 112 Å². The van der Waals surface area contributed by atoms with Crippen LogP contribution >= 0.6 is 0 Å². The normalized spacial score (nSPS) is 11.9. The molecule has 0 atom stereocenters. The van der Waals surface area contributed by atoms with E-state index >= 15 is 0 Å². The third-order valence-corrected chi connectivity index (χ3v) is 7.54. The lowest BCUT2D eigenvalue weighted by molar-refractivity contribution is -0.921. The number of nitrogens with zero attached hydrogens (tertiary/aromatic N) is 1. The van der Waals surface area contributed by atoms with E-state index in [1.807, 2.05) is 0 Å². The maximum absolute atomic E-state index is 11.9. The summed E-state index contributed by atoms with van der Waals surface area (Å²) >= 11 is 0. The third kappa shape index (κ3) is 19.7. The van der Waals surface area contributed by atoms with Crippen molar-refractivity contribution >= 4 is 10.1 Å². The molecule has 0 aromatic rings. The van der Waals surface area contributed by atoms with E-state index in [9.17, 15) is 12.8 Å². The van der Waals surface area contributed by atoms with Gasteiger partial charge < -0.3 is 4.48 Å². The Kier molecular flexibility index (Phi) is 23.5. The van der Waals surface area contributed by atoms with Crippen LogP contribution in [-0.2, 0) is 14.3 Å². The molecular weight excluding hydrogens is 401 g/mol. The lowest BCUT2D eigenvalue weighted by Crippen LogP contribution is -2.47. The monoisotopic (exact) mass is 454 g/mol. The van der Waals surface area contributed by atoms with Crippen molar-refractivity contribution in [1.82, 2.24) is 0 Å². The van der Waals surface area contributed by atoms with Gasteiger partial charge in [0, 0.05) is 0 Å². The molecule has 0 aromatic carbocycles. The van der Waals surface area contributed by atoms with E-state index in [-0.39, 0.29) is 12.4 Å². The number of halogens is 1. The first-order chi connectivity index (χ1) is 14.4. The molecule has 0 spiro atoms. The number of hydrogen-bond acceptors (Lipinski definition) is 3. The van der Waals surface area contributed by atoms with Gasteiger partial charge in [0.15, 0.2) is 0 Å². The molecule has 0 saturated heterocycles. The first kappa shape index (κ1) is 32.0. The highest BCUT2D eigenvalue weighted by atomic mass is 32.2. The second kappa shape index (κ2) is 22.0. The molecule has 30 heavy (non-hydrogen) atoms. The average molecular weight is 455 g/mol. The van der Waals surface area contributed by atoms with Crippen molar-refractivity contribution in [3.63, 3.8) is 0 Å². The molecule has 0 radical (unpaired) electrons. The van der Waals surface area contributed by atoms with E-state index in [4.69, 9.17) is 4.18 Å². The Morgan fingerprint density at radius 2 is 1.07 bits per heavy atom. The maximum atomic E-state index is 11.9. The fraction of sp³-hybridized carbons (Fsp3) is 1.00. The zero-order valence-corrected chi connectivity index (χ0v) is 21.7. The molecule has 0 saturated carbocycles. The van der Waals surface area contributed by atoms with Crippen LogP contribution in [0.2, 0.25) is 0 Å². The Labute approximate surface area is 188 Å². The highest BCUT2D eigenvalue weighted by molar-refractivity contribution is 7.86. The SMILES string of the molecule is CCCCCCCCCCCOS(=O)(=O)CCCCCF.CC[N+](CC)(CC)CC. The molecule has 0 amide bonds. The quantitative estimate of drug-likeness (QED) is 0.114. The van der Waals surface area contributed by atoms with Gasteiger partial charge in [-0.2, -0.15) is 8.42 Å². The maximum Gasteiger partial charge on any atom is 0.267 e. The number of quaternary nitrogens is 1. The molecule has 0 aliphatic carbocycles. The second-order valence-corrected chi connectivity index (χ2v) is 10.0. The predicted molar refractivity (Wildman–Crippen MR) is 129 cm³/mol. The summed E-state index contributed by atoms with van der Waals surface area (Å²) in [5, 5.41) is 0. The van der Waals surface area contributed by atoms with Crippen LogP contribution in [0, 0.1) is 0 Å². The summed E-state index contributed by atoms with van der Waals surface area (Å²) < 4.78 is 41.1. The van der Waals surface area contributed by atoms with E-state index in [1.165, 1.54) is 69.2 Å². The Morgan fingerprint density at radius 3 is 1.47 bits per heavy atom. The molecule has 0 unspecified atom stereocenters. The summed E-state index contributed by atoms with van der Waals surface area (Å²) in [6.45, 7) is 16.4. The van der Waals surface area contributed by atoms with E-state index in [2.05, 4.69) is 34.6 Å². The van der Waals surface area contributed by atoms with Crippen molar-refractivity contribution in [2.24, 2.45) is 0 Å². The highest BCUT2D eigenvalue weighted by Gasteiger charge is 2.16. The largest absolute Gasteiger partial charge is 0.325 e. The average Bonchev–Trinajstić information content (AvgIpc) is 2.75. The van der Waals surface area contributed by atoms with Gasteiger partial charge in [-0.1, -0.05) is 58.3 Å². The molecule has 184 valence electrons. The van der Waals surface area contributed by atoms with Crippen molar-refractivity contribution < 1.29 is 21.5 Å².